The van der Waals surface area contributed by atoms with Gasteiger partial charge in [-0.2, -0.15) is 4.37 Å². The van der Waals surface area contributed by atoms with Crippen molar-refractivity contribution in [1.29, 1.82) is 0 Å². The van der Waals surface area contributed by atoms with Crippen molar-refractivity contribution < 1.29 is 13.5 Å². The van der Waals surface area contributed by atoms with E-state index in [2.05, 4.69) is 56.9 Å². The van der Waals surface area contributed by atoms with Crippen molar-refractivity contribution in [2.24, 2.45) is 0 Å². The summed E-state index contributed by atoms with van der Waals surface area (Å²) in [5.74, 6) is 1.76. The molecule has 0 spiro atoms. The zero-order chi connectivity index (χ0) is 28.9. The van der Waals surface area contributed by atoms with E-state index in [4.69, 9.17) is 9.72 Å². The monoisotopic (exact) mass is 582 g/mol. The molecule has 1 unspecified atom stereocenters. The molecule has 2 saturated heterocycles. The zero-order valence-electron chi connectivity index (χ0n) is 24.2. The van der Waals surface area contributed by atoms with Crippen LogP contribution in [0.2, 0.25) is 0 Å². The van der Waals surface area contributed by atoms with Crippen LogP contribution in [0, 0.1) is 13.8 Å². The number of methoxy groups -OCH3 is 1. The second kappa shape index (κ2) is 13.3. The topological polar surface area (TPSA) is 56.8 Å². The van der Waals surface area contributed by atoms with Crippen LogP contribution in [0.1, 0.15) is 52.9 Å². The van der Waals surface area contributed by atoms with Gasteiger partial charge in [-0.25, -0.2) is 13.8 Å². The summed E-state index contributed by atoms with van der Waals surface area (Å²) in [4.78, 5) is 11.9. The zero-order valence-corrected chi connectivity index (χ0v) is 25.0. The molecule has 0 bridgehead atoms. The lowest BCUT2D eigenvalue weighted by atomic mass is 10.0. The average Bonchev–Trinajstić information content (AvgIpc) is 3.62. The first-order chi connectivity index (χ1) is 19.8. The third kappa shape index (κ3) is 7.23. The molecule has 41 heavy (non-hydrogen) atoms. The lowest BCUT2D eigenvalue weighted by molar-refractivity contribution is 0.151. The predicted octanol–water partition coefficient (Wildman–Crippen LogP) is 5.97. The van der Waals surface area contributed by atoms with Crippen molar-refractivity contribution in [2.45, 2.75) is 52.2 Å². The maximum atomic E-state index is 12.9. The van der Waals surface area contributed by atoms with Gasteiger partial charge >= 0.3 is 0 Å². The number of nitrogens with one attached hydrogen (secondary N) is 1. The van der Waals surface area contributed by atoms with Gasteiger partial charge in [-0.3, -0.25) is 9.80 Å². The van der Waals surface area contributed by atoms with Crippen LogP contribution in [0.4, 0.5) is 13.9 Å². The normalized spacial score (nSPS) is 18.3. The van der Waals surface area contributed by atoms with E-state index >= 15 is 0 Å². The highest BCUT2D eigenvalue weighted by molar-refractivity contribution is 7.09. The SMILES string of the molecule is C=C(c1cc(C)c(C)c(OC)c1)N1CCN(Cc2nsc(NCC3CCCN3Cc3ccc(C(F)F)cc3)n2)CC1. The highest BCUT2D eigenvalue weighted by Gasteiger charge is 2.25. The van der Waals surface area contributed by atoms with E-state index in [0.29, 0.717) is 6.04 Å². The number of nitrogens with zero attached hydrogens (tertiary/aromatic N) is 5. The maximum absolute atomic E-state index is 12.9. The molecule has 0 aliphatic carbocycles. The van der Waals surface area contributed by atoms with Crippen molar-refractivity contribution >= 4 is 22.4 Å². The van der Waals surface area contributed by atoms with Crippen molar-refractivity contribution in [3.05, 3.63) is 76.6 Å². The quantitative estimate of drug-likeness (QED) is 0.299. The smallest absolute Gasteiger partial charge is 0.263 e. The van der Waals surface area contributed by atoms with Crippen molar-refractivity contribution in [2.75, 3.05) is 51.7 Å². The summed E-state index contributed by atoms with van der Waals surface area (Å²) in [6, 6.07) is 11.4. The van der Waals surface area contributed by atoms with Gasteiger partial charge in [0, 0.05) is 73.7 Å². The molecule has 0 amide bonds. The van der Waals surface area contributed by atoms with E-state index in [-0.39, 0.29) is 5.56 Å². The predicted molar refractivity (Wildman–Crippen MR) is 162 cm³/mol. The summed E-state index contributed by atoms with van der Waals surface area (Å²) >= 11 is 1.41. The van der Waals surface area contributed by atoms with Crippen LogP contribution in [0.3, 0.4) is 0 Å². The first kappa shape index (κ1) is 29.4. The summed E-state index contributed by atoms with van der Waals surface area (Å²) in [5, 5.41) is 4.35. The second-order valence-corrected chi connectivity index (χ2v) is 11.8. The summed E-state index contributed by atoms with van der Waals surface area (Å²) in [7, 11) is 1.71. The molecule has 3 heterocycles. The molecule has 2 fully saturated rings. The molecule has 1 aromatic heterocycles. The van der Waals surface area contributed by atoms with E-state index in [1.807, 2.05) is 12.1 Å². The van der Waals surface area contributed by atoms with Gasteiger partial charge in [0.15, 0.2) is 5.82 Å². The Morgan fingerprint density at radius 2 is 1.85 bits per heavy atom. The minimum absolute atomic E-state index is 0.0752. The van der Waals surface area contributed by atoms with E-state index < -0.39 is 6.43 Å². The minimum atomic E-state index is -2.42. The Labute approximate surface area is 246 Å². The third-order valence-electron chi connectivity index (χ3n) is 8.37. The van der Waals surface area contributed by atoms with Crippen molar-refractivity contribution in [1.82, 2.24) is 24.1 Å². The van der Waals surface area contributed by atoms with E-state index in [9.17, 15) is 8.78 Å². The van der Waals surface area contributed by atoms with Crippen LogP contribution in [0.15, 0.2) is 43.0 Å². The van der Waals surface area contributed by atoms with Gasteiger partial charge in [-0.05, 0) is 62.1 Å². The fraction of sp³-hybridized carbons (Fsp3) is 0.484. The van der Waals surface area contributed by atoms with Crippen molar-refractivity contribution in [3.8, 4) is 5.75 Å². The molecule has 1 atom stereocenters. The number of anilines is 1. The highest BCUT2D eigenvalue weighted by atomic mass is 32.1. The Morgan fingerprint density at radius 1 is 1.10 bits per heavy atom. The van der Waals surface area contributed by atoms with E-state index in [0.717, 1.165) is 98.7 Å². The van der Waals surface area contributed by atoms with Gasteiger partial charge in [-0.15, -0.1) is 0 Å². The van der Waals surface area contributed by atoms with Crippen LogP contribution >= 0.6 is 11.5 Å². The Bertz CT molecular complexity index is 1320. The fourth-order valence-electron chi connectivity index (χ4n) is 5.70. The van der Waals surface area contributed by atoms with Gasteiger partial charge in [0.25, 0.3) is 6.43 Å². The first-order valence-electron chi connectivity index (χ1n) is 14.3. The Kier molecular flexibility index (Phi) is 9.52. The summed E-state index contributed by atoms with van der Waals surface area (Å²) in [6.07, 6.45) is -0.177. The van der Waals surface area contributed by atoms with Gasteiger partial charge in [-0.1, -0.05) is 30.8 Å². The summed E-state index contributed by atoms with van der Waals surface area (Å²) < 4.78 is 35.9. The number of aromatic nitrogens is 2. The molecular weight excluding hydrogens is 542 g/mol. The molecular formula is C31H40F2N6OS. The molecule has 10 heteroatoms. The highest BCUT2D eigenvalue weighted by Crippen LogP contribution is 2.29. The molecule has 2 aliphatic heterocycles. The van der Waals surface area contributed by atoms with Gasteiger partial charge < -0.3 is 15.0 Å². The molecule has 5 rings (SSSR count). The number of aryl methyl sites for hydroxylation is 1. The molecule has 220 valence electrons. The minimum Gasteiger partial charge on any atom is -0.496 e. The Hall–Kier alpha value is -3.08. The summed E-state index contributed by atoms with van der Waals surface area (Å²) in [5.41, 5.74) is 5.67. The van der Waals surface area contributed by atoms with E-state index in [1.165, 1.54) is 34.8 Å². The fourth-order valence-corrected chi connectivity index (χ4v) is 6.28. The number of alkyl halides is 2. The molecule has 2 aliphatic rings. The van der Waals surface area contributed by atoms with Crippen LogP contribution < -0.4 is 10.1 Å². The number of hydrogen-bond donors (Lipinski definition) is 1. The van der Waals surface area contributed by atoms with Crippen LogP contribution in [0.5, 0.6) is 5.75 Å². The number of benzene rings is 2. The largest absolute Gasteiger partial charge is 0.496 e. The number of rotatable bonds is 11. The second-order valence-electron chi connectivity index (χ2n) is 11.0. The number of likely N-dealkylation sites (tertiary alicyclic amines) is 1. The lowest BCUT2D eigenvalue weighted by Gasteiger charge is -2.36. The number of hydrogen-bond acceptors (Lipinski definition) is 8. The Balaban J connectivity index is 1.08. The Morgan fingerprint density at radius 3 is 2.56 bits per heavy atom. The molecule has 0 saturated carbocycles. The van der Waals surface area contributed by atoms with Gasteiger partial charge in [0.05, 0.1) is 13.7 Å². The van der Waals surface area contributed by atoms with Crippen LogP contribution in [-0.2, 0) is 13.1 Å². The molecule has 3 aromatic rings. The number of halogens is 2. The standard InChI is InChI=1S/C31H40F2N6OS/c1-21-16-26(17-28(40-4)22(21)2)23(3)38-14-12-37(13-15-38)20-29-35-31(41-36-29)34-18-27-6-5-11-39(27)19-24-7-9-25(10-8-24)30(32)33/h7-10,16-17,27,30H,3,5-6,11-15,18-20H2,1-2,4H3,(H,34,35,36). The molecule has 0 radical (unpaired) electrons. The molecule has 1 N–H and O–H groups in total. The van der Waals surface area contributed by atoms with Crippen molar-refractivity contribution in [3.63, 3.8) is 0 Å². The molecule has 2 aromatic carbocycles. The lowest BCUT2D eigenvalue weighted by Crippen LogP contribution is -2.44. The van der Waals surface area contributed by atoms with E-state index in [1.54, 1.807) is 7.11 Å². The van der Waals surface area contributed by atoms with Crippen LogP contribution in [0.25, 0.3) is 5.70 Å². The first-order valence-corrected chi connectivity index (χ1v) is 15.1. The maximum Gasteiger partial charge on any atom is 0.263 e. The molecule has 7 nitrogen and oxygen atoms in total. The third-order valence-corrected chi connectivity index (χ3v) is 9.08. The van der Waals surface area contributed by atoms with Crippen LogP contribution in [-0.4, -0.2) is 76.5 Å². The summed E-state index contributed by atoms with van der Waals surface area (Å²) in [6.45, 7) is 15.6. The average molecular weight is 583 g/mol. The van der Waals surface area contributed by atoms with Gasteiger partial charge in [0.1, 0.15) is 5.75 Å². The van der Waals surface area contributed by atoms with Gasteiger partial charge in [0.2, 0.25) is 5.13 Å². The number of ether oxygens (including phenoxy) is 1. The number of piperazine rings is 1.